The number of benzene rings is 1. The fourth-order valence-electron chi connectivity index (χ4n) is 1.03. The molecule has 7 N–H and O–H groups in total. The number of phenolic OH excluding ortho intramolecular Hbond substituents is 2. The van der Waals surface area contributed by atoms with Gasteiger partial charge in [0, 0.05) is 6.54 Å². The van der Waals surface area contributed by atoms with Gasteiger partial charge in [0.05, 0.1) is 6.67 Å². The summed E-state index contributed by atoms with van der Waals surface area (Å²) in [4.78, 5) is 3.73. The molecule has 82 valence electrons. The Kier molecular flexibility index (Phi) is 3.75. The minimum Gasteiger partial charge on any atom is -0.504 e. The molecule has 0 bridgehead atoms. The van der Waals surface area contributed by atoms with Gasteiger partial charge in [-0.2, -0.15) is 0 Å². The van der Waals surface area contributed by atoms with Crippen molar-refractivity contribution in [2.75, 3.05) is 6.67 Å². The van der Waals surface area contributed by atoms with E-state index in [1.807, 2.05) is 0 Å². The van der Waals surface area contributed by atoms with Gasteiger partial charge in [-0.25, -0.2) is 4.99 Å². The molecule has 0 radical (unpaired) electrons. The van der Waals surface area contributed by atoms with Crippen LogP contribution >= 0.6 is 0 Å². The van der Waals surface area contributed by atoms with Crippen molar-refractivity contribution in [1.29, 1.82) is 0 Å². The van der Waals surface area contributed by atoms with E-state index in [-0.39, 0.29) is 17.5 Å². The first-order valence-electron chi connectivity index (χ1n) is 4.36. The fourth-order valence-corrected chi connectivity index (χ4v) is 1.03. The number of nitrogens with zero attached hydrogens (tertiary/aromatic N) is 1. The predicted octanol–water partition coefficient (Wildman–Crippen LogP) is -0.582. The normalized spacial score (nSPS) is 9.87. The monoisotopic (exact) mass is 210 g/mol. The van der Waals surface area contributed by atoms with Crippen molar-refractivity contribution < 1.29 is 10.2 Å². The van der Waals surface area contributed by atoms with E-state index >= 15 is 0 Å². The van der Waals surface area contributed by atoms with Gasteiger partial charge in [-0.3, -0.25) is 5.32 Å². The van der Waals surface area contributed by atoms with Crippen molar-refractivity contribution in [1.82, 2.24) is 5.32 Å². The Bertz CT molecular complexity index is 361. The summed E-state index contributed by atoms with van der Waals surface area (Å²) >= 11 is 0. The third-order valence-corrected chi connectivity index (χ3v) is 1.74. The fraction of sp³-hybridized carbons (Fsp3) is 0.222. The van der Waals surface area contributed by atoms with Gasteiger partial charge in [0.2, 0.25) is 0 Å². The van der Waals surface area contributed by atoms with Crippen molar-refractivity contribution in [3.8, 4) is 11.5 Å². The SMILES string of the molecule is NC(N)=NCNCc1ccc(O)c(O)c1. The van der Waals surface area contributed by atoms with Gasteiger partial charge in [-0.1, -0.05) is 6.07 Å². The molecule has 15 heavy (non-hydrogen) atoms. The smallest absolute Gasteiger partial charge is 0.187 e. The number of aromatic hydroxyl groups is 2. The van der Waals surface area contributed by atoms with Gasteiger partial charge in [0.15, 0.2) is 17.5 Å². The quantitative estimate of drug-likeness (QED) is 0.197. The summed E-state index contributed by atoms with van der Waals surface area (Å²) in [7, 11) is 0. The van der Waals surface area contributed by atoms with Crippen molar-refractivity contribution in [3.63, 3.8) is 0 Å². The molecule has 0 unspecified atom stereocenters. The first kappa shape index (κ1) is 11.1. The summed E-state index contributed by atoms with van der Waals surface area (Å²) in [5.41, 5.74) is 11.1. The summed E-state index contributed by atoms with van der Waals surface area (Å²) < 4.78 is 0. The van der Waals surface area contributed by atoms with Crippen LogP contribution in [0.3, 0.4) is 0 Å². The highest BCUT2D eigenvalue weighted by atomic mass is 16.3. The maximum absolute atomic E-state index is 9.20. The third kappa shape index (κ3) is 3.74. The molecule has 0 amide bonds. The van der Waals surface area contributed by atoms with Gasteiger partial charge >= 0.3 is 0 Å². The molecule has 0 heterocycles. The second kappa shape index (κ2) is 5.06. The average Bonchev–Trinajstić information content (AvgIpc) is 2.18. The van der Waals surface area contributed by atoms with Crippen LogP contribution < -0.4 is 16.8 Å². The summed E-state index contributed by atoms with van der Waals surface area (Å²) in [6.45, 7) is 0.814. The average molecular weight is 210 g/mol. The Morgan fingerprint density at radius 3 is 2.60 bits per heavy atom. The lowest BCUT2D eigenvalue weighted by Gasteiger charge is -2.04. The van der Waals surface area contributed by atoms with Gasteiger partial charge in [0.1, 0.15) is 0 Å². The summed E-state index contributed by atoms with van der Waals surface area (Å²) in [6.07, 6.45) is 0. The number of nitrogens with one attached hydrogen (secondary N) is 1. The molecule has 0 saturated heterocycles. The zero-order chi connectivity index (χ0) is 11.3. The number of hydrogen-bond acceptors (Lipinski definition) is 4. The van der Waals surface area contributed by atoms with Gasteiger partial charge in [-0.05, 0) is 17.7 Å². The highest BCUT2D eigenvalue weighted by Crippen LogP contribution is 2.24. The lowest BCUT2D eigenvalue weighted by atomic mass is 10.2. The van der Waals surface area contributed by atoms with Crippen LogP contribution in [-0.2, 0) is 6.54 Å². The first-order valence-corrected chi connectivity index (χ1v) is 4.36. The van der Waals surface area contributed by atoms with Crippen LogP contribution in [0.25, 0.3) is 0 Å². The number of hydrogen-bond donors (Lipinski definition) is 5. The van der Waals surface area contributed by atoms with E-state index in [4.69, 9.17) is 16.6 Å². The molecule has 0 atom stereocenters. The molecule has 0 aliphatic rings. The van der Waals surface area contributed by atoms with E-state index in [9.17, 15) is 5.11 Å². The molecule has 0 spiro atoms. The molecular weight excluding hydrogens is 196 g/mol. The lowest BCUT2D eigenvalue weighted by molar-refractivity contribution is 0.403. The molecule has 6 heteroatoms. The Hall–Kier alpha value is -1.95. The van der Waals surface area contributed by atoms with E-state index < -0.39 is 0 Å². The second-order valence-electron chi connectivity index (χ2n) is 2.99. The Morgan fingerprint density at radius 2 is 2.00 bits per heavy atom. The van der Waals surface area contributed by atoms with Crippen molar-refractivity contribution >= 4 is 5.96 Å². The topological polar surface area (TPSA) is 117 Å². The highest BCUT2D eigenvalue weighted by Gasteiger charge is 1.99. The van der Waals surface area contributed by atoms with Crippen LogP contribution in [-0.4, -0.2) is 22.8 Å². The van der Waals surface area contributed by atoms with E-state index in [0.717, 1.165) is 5.56 Å². The van der Waals surface area contributed by atoms with Gasteiger partial charge in [0.25, 0.3) is 0 Å². The Balaban J connectivity index is 2.44. The molecule has 0 aromatic heterocycles. The van der Waals surface area contributed by atoms with Crippen LogP contribution in [0.5, 0.6) is 11.5 Å². The lowest BCUT2D eigenvalue weighted by Crippen LogP contribution is -2.25. The van der Waals surface area contributed by atoms with Crippen LogP contribution in [0, 0.1) is 0 Å². The van der Waals surface area contributed by atoms with Crippen molar-refractivity contribution in [3.05, 3.63) is 23.8 Å². The molecule has 6 nitrogen and oxygen atoms in total. The van der Waals surface area contributed by atoms with Crippen molar-refractivity contribution in [2.24, 2.45) is 16.5 Å². The maximum Gasteiger partial charge on any atom is 0.187 e. The molecule has 1 aromatic carbocycles. The standard InChI is InChI=1S/C9H14N4O2/c10-9(11)13-5-12-4-6-1-2-7(14)8(15)3-6/h1-3,12,14-15H,4-5H2,(H4,10,11,13). The third-order valence-electron chi connectivity index (χ3n) is 1.74. The molecule has 0 aliphatic carbocycles. The molecule has 0 saturated carbocycles. The molecule has 1 aromatic rings. The van der Waals surface area contributed by atoms with E-state index in [2.05, 4.69) is 10.3 Å². The number of phenols is 2. The summed E-state index contributed by atoms with van der Waals surface area (Å²) in [6, 6.07) is 4.59. The van der Waals surface area contributed by atoms with Crippen LogP contribution in [0.1, 0.15) is 5.56 Å². The van der Waals surface area contributed by atoms with Gasteiger partial charge in [-0.15, -0.1) is 0 Å². The zero-order valence-electron chi connectivity index (χ0n) is 8.14. The van der Waals surface area contributed by atoms with Crippen LogP contribution in [0.15, 0.2) is 23.2 Å². The largest absolute Gasteiger partial charge is 0.504 e. The zero-order valence-corrected chi connectivity index (χ0v) is 8.14. The summed E-state index contributed by atoms with van der Waals surface area (Å²) in [5, 5.41) is 21.2. The minimum atomic E-state index is -0.142. The number of rotatable bonds is 4. The Morgan fingerprint density at radius 1 is 1.27 bits per heavy atom. The van der Waals surface area contributed by atoms with Gasteiger partial charge < -0.3 is 21.7 Å². The van der Waals surface area contributed by atoms with E-state index in [0.29, 0.717) is 13.2 Å². The predicted molar refractivity (Wildman–Crippen MR) is 57.3 cm³/mol. The Labute approximate surface area is 87.2 Å². The van der Waals surface area contributed by atoms with Crippen LogP contribution in [0.4, 0.5) is 0 Å². The highest BCUT2D eigenvalue weighted by molar-refractivity contribution is 5.75. The van der Waals surface area contributed by atoms with E-state index in [1.165, 1.54) is 12.1 Å². The number of nitrogens with two attached hydrogens (primary N) is 2. The molecule has 1 rings (SSSR count). The number of aliphatic imine (C=N–C) groups is 1. The minimum absolute atomic E-state index is 0.0241. The molecule has 0 aliphatic heterocycles. The van der Waals surface area contributed by atoms with Crippen molar-refractivity contribution in [2.45, 2.75) is 6.54 Å². The molecule has 0 fully saturated rings. The maximum atomic E-state index is 9.20. The van der Waals surface area contributed by atoms with Crippen LogP contribution in [0.2, 0.25) is 0 Å². The first-order chi connectivity index (χ1) is 7.09. The summed E-state index contributed by atoms with van der Waals surface area (Å²) in [5.74, 6) is -0.254. The molecular formula is C9H14N4O2. The number of guanidine groups is 1. The van der Waals surface area contributed by atoms with E-state index in [1.54, 1.807) is 6.07 Å². The second-order valence-corrected chi connectivity index (χ2v) is 2.99.